The minimum Gasteiger partial charge on any atom is -0.504 e. The molecule has 0 saturated heterocycles. The summed E-state index contributed by atoms with van der Waals surface area (Å²) < 4.78 is 5.68. The zero-order valence-corrected chi connectivity index (χ0v) is 9.61. The third kappa shape index (κ3) is 2.99. The third-order valence-electron chi connectivity index (χ3n) is 1.72. The highest BCUT2D eigenvalue weighted by molar-refractivity contribution is 9.10. The summed E-state index contributed by atoms with van der Waals surface area (Å²) in [4.78, 5) is 10.5. The van der Waals surface area contributed by atoms with Crippen molar-refractivity contribution in [1.29, 1.82) is 0 Å². The van der Waals surface area contributed by atoms with E-state index < -0.39 is 5.91 Å². The van der Waals surface area contributed by atoms with Crippen LogP contribution in [0.2, 0.25) is 0 Å². The Morgan fingerprint density at radius 1 is 1.60 bits per heavy atom. The second-order valence-electron chi connectivity index (χ2n) is 2.78. The predicted octanol–water partition coefficient (Wildman–Crippen LogP) is 1.66. The molecular formula is C10H10BrNO3. The number of benzene rings is 1. The lowest BCUT2D eigenvalue weighted by atomic mass is 10.1. The molecular weight excluding hydrogens is 262 g/mol. The van der Waals surface area contributed by atoms with E-state index in [0.29, 0.717) is 11.3 Å². The zero-order chi connectivity index (χ0) is 11.4. The van der Waals surface area contributed by atoms with Crippen LogP contribution in [0.5, 0.6) is 11.5 Å². The second-order valence-corrected chi connectivity index (χ2v) is 3.70. The Morgan fingerprint density at radius 3 is 2.80 bits per heavy atom. The van der Waals surface area contributed by atoms with Gasteiger partial charge in [0, 0.05) is 16.1 Å². The molecule has 0 heterocycles. The lowest BCUT2D eigenvalue weighted by Crippen LogP contribution is -2.05. The number of halogens is 1. The average molecular weight is 272 g/mol. The second kappa shape index (κ2) is 4.84. The molecule has 3 N–H and O–H groups in total. The van der Waals surface area contributed by atoms with Gasteiger partial charge in [-0.1, -0.05) is 15.9 Å². The van der Waals surface area contributed by atoms with Crippen molar-refractivity contribution in [2.24, 2.45) is 5.73 Å². The van der Waals surface area contributed by atoms with Gasteiger partial charge in [0.15, 0.2) is 11.5 Å². The Hall–Kier alpha value is -1.49. The molecule has 0 fully saturated rings. The van der Waals surface area contributed by atoms with Crippen molar-refractivity contribution in [1.82, 2.24) is 0 Å². The van der Waals surface area contributed by atoms with Crippen LogP contribution in [0.1, 0.15) is 5.56 Å². The minimum absolute atomic E-state index is 0.0294. The smallest absolute Gasteiger partial charge is 0.241 e. The summed E-state index contributed by atoms with van der Waals surface area (Å²) in [5.74, 6) is -0.278. The summed E-state index contributed by atoms with van der Waals surface area (Å²) in [5, 5.41) is 9.68. The van der Waals surface area contributed by atoms with Crippen LogP contribution in [0, 0.1) is 0 Å². The number of primary amides is 1. The van der Waals surface area contributed by atoms with Crippen molar-refractivity contribution in [3.63, 3.8) is 0 Å². The van der Waals surface area contributed by atoms with Crippen molar-refractivity contribution in [2.45, 2.75) is 0 Å². The molecule has 0 aliphatic carbocycles. The highest BCUT2D eigenvalue weighted by Crippen LogP contribution is 2.34. The molecule has 4 nitrogen and oxygen atoms in total. The predicted molar refractivity (Wildman–Crippen MR) is 60.6 cm³/mol. The van der Waals surface area contributed by atoms with Crippen molar-refractivity contribution in [2.75, 3.05) is 7.11 Å². The lowest BCUT2D eigenvalue weighted by Gasteiger charge is -2.06. The number of aromatic hydroxyl groups is 1. The number of phenols is 1. The third-order valence-corrected chi connectivity index (χ3v) is 2.17. The number of methoxy groups -OCH3 is 1. The number of nitrogens with two attached hydrogens (primary N) is 1. The van der Waals surface area contributed by atoms with Gasteiger partial charge in [-0.3, -0.25) is 4.79 Å². The van der Waals surface area contributed by atoms with Crippen LogP contribution in [0.4, 0.5) is 0 Å². The SMILES string of the molecule is COc1cc(Br)cc(C=CC(N)=O)c1O. The number of phenolic OH excluding ortho intramolecular Hbond substituents is 1. The number of carbonyl (C=O) groups is 1. The van der Waals surface area contributed by atoms with E-state index in [4.69, 9.17) is 10.5 Å². The van der Waals surface area contributed by atoms with E-state index in [-0.39, 0.29) is 5.75 Å². The van der Waals surface area contributed by atoms with Crippen LogP contribution >= 0.6 is 15.9 Å². The van der Waals surface area contributed by atoms with E-state index >= 15 is 0 Å². The van der Waals surface area contributed by atoms with E-state index in [9.17, 15) is 9.90 Å². The Labute approximate surface area is 95.5 Å². The summed E-state index contributed by atoms with van der Waals surface area (Å²) in [6, 6.07) is 3.27. The molecule has 1 aromatic carbocycles. The maximum atomic E-state index is 10.5. The van der Waals surface area contributed by atoms with Gasteiger partial charge in [0.05, 0.1) is 7.11 Å². The molecule has 0 aliphatic rings. The normalized spacial score (nSPS) is 10.5. The fraction of sp³-hybridized carbons (Fsp3) is 0.100. The molecule has 0 radical (unpaired) electrons. The van der Waals surface area contributed by atoms with Crippen molar-refractivity contribution < 1.29 is 14.6 Å². The molecule has 80 valence electrons. The van der Waals surface area contributed by atoms with Gasteiger partial charge in [-0.25, -0.2) is 0 Å². The standard InChI is InChI=1S/C10H10BrNO3/c1-15-8-5-7(11)4-6(10(8)14)2-3-9(12)13/h2-5,14H,1H3,(H2,12,13). The molecule has 0 unspecified atom stereocenters. The number of carbonyl (C=O) groups excluding carboxylic acids is 1. The molecule has 15 heavy (non-hydrogen) atoms. The van der Waals surface area contributed by atoms with Crippen LogP contribution in [-0.4, -0.2) is 18.1 Å². The van der Waals surface area contributed by atoms with Gasteiger partial charge in [0.1, 0.15) is 0 Å². The average Bonchev–Trinajstić information content (AvgIpc) is 2.18. The van der Waals surface area contributed by atoms with Gasteiger partial charge in [-0.15, -0.1) is 0 Å². The van der Waals surface area contributed by atoms with E-state index in [2.05, 4.69) is 15.9 Å². The van der Waals surface area contributed by atoms with Crippen molar-refractivity contribution >= 4 is 27.9 Å². The highest BCUT2D eigenvalue weighted by atomic mass is 79.9. The number of amides is 1. The number of hydrogen-bond acceptors (Lipinski definition) is 3. The van der Waals surface area contributed by atoms with Gasteiger partial charge < -0.3 is 15.6 Å². The van der Waals surface area contributed by atoms with E-state index in [1.54, 1.807) is 12.1 Å². The summed E-state index contributed by atoms with van der Waals surface area (Å²) in [7, 11) is 1.45. The first-order chi connectivity index (χ1) is 7.04. The van der Waals surface area contributed by atoms with Gasteiger partial charge in [-0.2, -0.15) is 0 Å². The Balaban J connectivity index is 3.17. The van der Waals surface area contributed by atoms with Gasteiger partial charge >= 0.3 is 0 Å². The van der Waals surface area contributed by atoms with Gasteiger partial charge in [0.2, 0.25) is 5.91 Å². The monoisotopic (exact) mass is 271 g/mol. The molecule has 0 aromatic heterocycles. The quantitative estimate of drug-likeness (QED) is 0.822. The number of hydrogen-bond donors (Lipinski definition) is 2. The minimum atomic E-state index is -0.576. The number of rotatable bonds is 3. The van der Waals surface area contributed by atoms with Gasteiger partial charge in [0.25, 0.3) is 0 Å². The van der Waals surface area contributed by atoms with Crippen LogP contribution in [0.3, 0.4) is 0 Å². The number of ether oxygens (including phenoxy) is 1. The molecule has 1 rings (SSSR count). The van der Waals surface area contributed by atoms with Crippen LogP contribution in [0.15, 0.2) is 22.7 Å². The molecule has 5 heteroatoms. The Bertz CT molecular complexity index is 415. The van der Waals surface area contributed by atoms with Crippen molar-refractivity contribution in [3.8, 4) is 11.5 Å². The first-order valence-corrected chi connectivity index (χ1v) is 4.88. The van der Waals surface area contributed by atoms with Crippen LogP contribution < -0.4 is 10.5 Å². The zero-order valence-electron chi connectivity index (χ0n) is 8.03. The fourth-order valence-corrected chi connectivity index (χ4v) is 1.50. The Kier molecular flexibility index (Phi) is 3.74. The maximum absolute atomic E-state index is 10.5. The molecule has 0 bridgehead atoms. The van der Waals surface area contributed by atoms with Gasteiger partial charge in [-0.05, 0) is 18.2 Å². The molecule has 0 atom stereocenters. The largest absolute Gasteiger partial charge is 0.504 e. The Morgan fingerprint density at radius 2 is 2.27 bits per heavy atom. The van der Waals surface area contributed by atoms with E-state index in [0.717, 1.165) is 4.47 Å². The fourth-order valence-electron chi connectivity index (χ4n) is 1.05. The van der Waals surface area contributed by atoms with Crippen LogP contribution in [0.25, 0.3) is 6.08 Å². The van der Waals surface area contributed by atoms with Crippen molar-refractivity contribution in [3.05, 3.63) is 28.2 Å². The highest BCUT2D eigenvalue weighted by Gasteiger charge is 2.07. The topological polar surface area (TPSA) is 72.5 Å². The first-order valence-electron chi connectivity index (χ1n) is 4.08. The van der Waals surface area contributed by atoms with E-state index in [1.165, 1.54) is 19.3 Å². The first kappa shape index (κ1) is 11.6. The van der Waals surface area contributed by atoms with Crippen LogP contribution in [-0.2, 0) is 4.79 Å². The molecule has 0 saturated carbocycles. The summed E-state index contributed by atoms with van der Waals surface area (Å²) in [6.45, 7) is 0. The summed E-state index contributed by atoms with van der Waals surface area (Å²) in [6.07, 6.45) is 2.59. The molecule has 1 aromatic rings. The molecule has 0 aliphatic heterocycles. The maximum Gasteiger partial charge on any atom is 0.241 e. The van der Waals surface area contributed by atoms with E-state index in [1.807, 2.05) is 0 Å². The lowest BCUT2D eigenvalue weighted by molar-refractivity contribution is -0.113. The summed E-state index contributed by atoms with van der Waals surface area (Å²) in [5.41, 5.74) is 5.41. The molecule has 0 spiro atoms. The molecule has 1 amide bonds. The summed E-state index contributed by atoms with van der Waals surface area (Å²) >= 11 is 3.25.